The van der Waals surface area contributed by atoms with Gasteiger partial charge in [0.1, 0.15) is 0 Å². The van der Waals surface area contributed by atoms with E-state index in [1.807, 2.05) is 12.1 Å². The monoisotopic (exact) mass is 257 g/mol. The van der Waals surface area contributed by atoms with Gasteiger partial charge in [-0.1, -0.05) is 24.3 Å². The summed E-state index contributed by atoms with van der Waals surface area (Å²) in [6.45, 7) is 0. The van der Waals surface area contributed by atoms with Crippen molar-refractivity contribution in [2.24, 2.45) is 5.73 Å². The Balaban J connectivity index is 1.89. The lowest BCUT2D eigenvalue weighted by atomic mass is 9.90. The van der Waals surface area contributed by atoms with E-state index in [-0.39, 0.29) is 18.4 Å². The van der Waals surface area contributed by atoms with Crippen LogP contribution in [0.4, 0.5) is 13.2 Å². The zero-order chi connectivity index (χ0) is 13.2. The second-order valence-corrected chi connectivity index (χ2v) is 5.02. The number of aryl methyl sites for hydroxylation is 1. The van der Waals surface area contributed by atoms with Crippen molar-refractivity contribution in [1.29, 1.82) is 0 Å². The van der Waals surface area contributed by atoms with Crippen LogP contribution in [0.2, 0.25) is 0 Å². The number of rotatable bonds is 4. The Morgan fingerprint density at radius 3 is 2.72 bits per heavy atom. The van der Waals surface area contributed by atoms with Gasteiger partial charge in [0, 0.05) is 12.5 Å². The highest BCUT2D eigenvalue weighted by molar-refractivity contribution is 5.35. The number of alkyl halides is 3. The molecule has 0 aliphatic heterocycles. The van der Waals surface area contributed by atoms with Gasteiger partial charge in [0.25, 0.3) is 0 Å². The summed E-state index contributed by atoms with van der Waals surface area (Å²) in [5.41, 5.74) is 8.59. The van der Waals surface area contributed by atoms with Crippen molar-refractivity contribution in [3.05, 3.63) is 35.4 Å². The van der Waals surface area contributed by atoms with Crippen LogP contribution in [0.3, 0.4) is 0 Å². The van der Waals surface area contributed by atoms with Gasteiger partial charge in [-0.3, -0.25) is 0 Å². The van der Waals surface area contributed by atoms with Crippen LogP contribution in [0.5, 0.6) is 0 Å². The van der Waals surface area contributed by atoms with Gasteiger partial charge in [0.05, 0.1) is 0 Å². The van der Waals surface area contributed by atoms with E-state index in [0.29, 0.717) is 6.42 Å². The average Bonchev–Trinajstić information content (AvgIpc) is 2.70. The largest absolute Gasteiger partial charge is 0.389 e. The van der Waals surface area contributed by atoms with E-state index in [0.717, 1.165) is 12.8 Å². The summed E-state index contributed by atoms with van der Waals surface area (Å²) in [6.07, 6.45) is -2.26. The molecule has 0 aromatic heterocycles. The maximum Gasteiger partial charge on any atom is 0.389 e. The standard InChI is InChI=1S/C14H18F3N/c15-14(16,17)9-3-6-13(18)12-8-7-10-4-1-2-5-11(10)12/h1-2,4-5,12-13H,3,6-9,18H2. The highest BCUT2D eigenvalue weighted by atomic mass is 19.4. The van der Waals surface area contributed by atoms with E-state index in [1.54, 1.807) is 0 Å². The SMILES string of the molecule is NC(CCCC(F)(F)F)C1CCc2ccccc21. The number of halogens is 3. The fraction of sp³-hybridized carbons (Fsp3) is 0.571. The highest BCUT2D eigenvalue weighted by Crippen LogP contribution is 2.36. The Labute approximate surface area is 105 Å². The molecule has 4 heteroatoms. The van der Waals surface area contributed by atoms with Gasteiger partial charge < -0.3 is 5.73 Å². The molecule has 0 radical (unpaired) electrons. The lowest BCUT2D eigenvalue weighted by molar-refractivity contribution is -0.135. The first kappa shape index (κ1) is 13.4. The van der Waals surface area contributed by atoms with Crippen molar-refractivity contribution in [3.63, 3.8) is 0 Å². The van der Waals surface area contributed by atoms with E-state index in [2.05, 4.69) is 12.1 Å². The molecule has 0 amide bonds. The molecule has 18 heavy (non-hydrogen) atoms. The molecule has 0 fully saturated rings. The van der Waals surface area contributed by atoms with Crippen molar-refractivity contribution >= 4 is 0 Å². The summed E-state index contributed by atoms with van der Waals surface area (Å²) < 4.78 is 36.2. The first-order valence-corrected chi connectivity index (χ1v) is 6.37. The first-order valence-electron chi connectivity index (χ1n) is 6.37. The third-order valence-electron chi connectivity index (χ3n) is 3.69. The van der Waals surface area contributed by atoms with Gasteiger partial charge in [-0.15, -0.1) is 0 Å². The number of nitrogens with two attached hydrogens (primary N) is 1. The van der Waals surface area contributed by atoms with Crippen molar-refractivity contribution in [2.45, 2.75) is 50.2 Å². The molecule has 0 bridgehead atoms. The molecule has 2 N–H and O–H groups in total. The summed E-state index contributed by atoms with van der Waals surface area (Å²) in [7, 11) is 0. The third-order valence-corrected chi connectivity index (χ3v) is 3.69. The number of hydrogen-bond acceptors (Lipinski definition) is 1. The molecule has 0 saturated heterocycles. The molecule has 1 aromatic rings. The molecular weight excluding hydrogens is 239 g/mol. The molecule has 1 aromatic carbocycles. The minimum absolute atomic E-state index is 0.128. The molecule has 1 aliphatic carbocycles. The van der Waals surface area contributed by atoms with E-state index < -0.39 is 12.6 Å². The molecule has 0 heterocycles. The zero-order valence-corrected chi connectivity index (χ0v) is 10.2. The van der Waals surface area contributed by atoms with Crippen LogP contribution in [0.15, 0.2) is 24.3 Å². The van der Waals surface area contributed by atoms with E-state index in [1.165, 1.54) is 11.1 Å². The Bertz CT molecular complexity index is 400. The van der Waals surface area contributed by atoms with Crippen LogP contribution in [0, 0.1) is 0 Å². The predicted molar refractivity (Wildman–Crippen MR) is 65.4 cm³/mol. The molecule has 1 aliphatic rings. The topological polar surface area (TPSA) is 26.0 Å². The maximum atomic E-state index is 12.1. The molecule has 2 atom stereocenters. The van der Waals surface area contributed by atoms with E-state index >= 15 is 0 Å². The van der Waals surface area contributed by atoms with Crippen LogP contribution in [-0.4, -0.2) is 12.2 Å². The summed E-state index contributed by atoms with van der Waals surface area (Å²) in [4.78, 5) is 0. The summed E-state index contributed by atoms with van der Waals surface area (Å²) >= 11 is 0. The summed E-state index contributed by atoms with van der Waals surface area (Å²) in [6, 6.07) is 7.95. The molecule has 2 rings (SSSR count). The zero-order valence-electron chi connectivity index (χ0n) is 10.2. The molecule has 0 spiro atoms. The predicted octanol–water partition coefficient (Wildman–Crippen LogP) is 3.78. The van der Waals surface area contributed by atoms with E-state index in [4.69, 9.17) is 5.73 Å². The van der Waals surface area contributed by atoms with Gasteiger partial charge in [-0.05, 0) is 42.7 Å². The van der Waals surface area contributed by atoms with Gasteiger partial charge >= 0.3 is 6.18 Å². The smallest absolute Gasteiger partial charge is 0.327 e. The highest BCUT2D eigenvalue weighted by Gasteiger charge is 2.30. The Hall–Kier alpha value is -1.03. The fourth-order valence-electron chi connectivity index (χ4n) is 2.77. The molecule has 100 valence electrons. The minimum atomic E-state index is -4.06. The Morgan fingerprint density at radius 2 is 2.00 bits per heavy atom. The fourth-order valence-corrected chi connectivity index (χ4v) is 2.77. The third kappa shape index (κ3) is 3.25. The average molecular weight is 257 g/mol. The quantitative estimate of drug-likeness (QED) is 0.872. The maximum absolute atomic E-state index is 12.1. The second kappa shape index (κ2) is 5.31. The number of fused-ring (bicyclic) bond motifs is 1. The first-order chi connectivity index (χ1) is 8.47. The number of benzene rings is 1. The second-order valence-electron chi connectivity index (χ2n) is 5.02. The van der Waals surface area contributed by atoms with Gasteiger partial charge in [-0.2, -0.15) is 13.2 Å². The van der Waals surface area contributed by atoms with Crippen molar-refractivity contribution in [1.82, 2.24) is 0 Å². The Morgan fingerprint density at radius 1 is 1.28 bits per heavy atom. The van der Waals surface area contributed by atoms with Crippen LogP contribution in [-0.2, 0) is 6.42 Å². The molecule has 0 saturated carbocycles. The summed E-state index contributed by atoms with van der Waals surface area (Å²) in [5, 5.41) is 0. The van der Waals surface area contributed by atoms with Gasteiger partial charge in [0.2, 0.25) is 0 Å². The lowest BCUT2D eigenvalue weighted by Crippen LogP contribution is -2.27. The van der Waals surface area contributed by atoms with Crippen molar-refractivity contribution in [3.8, 4) is 0 Å². The molecule has 1 nitrogen and oxygen atoms in total. The number of hydrogen-bond donors (Lipinski definition) is 1. The van der Waals surface area contributed by atoms with Crippen molar-refractivity contribution < 1.29 is 13.2 Å². The van der Waals surface area contributed by atoms with E-state index in [9.17, 15) is 13.2 Å². The van der Waals surface area contributed by atoms with Crippen LogP contribution in [0.1, 0.15) is 42.7 Å². The van der Waals surface area contributed by atoms with Gasteiger partial charge in [-0.25, -0.2) is 0 Å². The van der Waals surface area contributed by atoms with Crippen LogP contribution >= 0.6 is 0 Å². The molecular formula is C14H18F3N. The summed E-state index contributed by atoms with van der Waals surface area (Å²) in [5.74, 6) is 0.231. The van der Waals surface area contributed by atoms with Crippen LogP contribution in [0.25, 0.3) is 0 Å². The van der Waals surface area contributed by atoms with Gasteiger partial charge in [0.15, 0.2) is 0 Å². The van der Waals surface area contributed by atoms with Crippen LogP contribution < -0.4 is 5.73 Å². The minimum Gasteiger partial charge on any atom is -0.327 e. The van der Waals surface area contributed by atoms with Crippen molar-refractivity contribution in [2.75, 3.05) is 0 Å². The molecule has 2 unspecified atom stereocenters. The lowest BCUT2D eigenvalue weighted by Gasteiger charge is -2.20. The Kier molecular flexibility index (Phi) is 3.95. The normalized spacial score (nSPS) is 20.8.